The number of aliphatic hydroxyl groups is 1. The maximum atomic E-state index is 12.3. The minimum Gasteiger partial charge on any atom is -0.423 e. The zero-order valence-electron chi connectivity index (χ0n) is 11.1. The highest BCUT2D eigenvalue weighted by atomic mass is 32.2. The van der Waals surface area contributed by atoms with Gasteiger partial charge < -0.3 is 9.52 Å². The van der Waals surface area contributed by atoms with Crippen LogP contribution in [-0.4, -0.2) is 37.5 Å². The first-order valence-corrected chi connectivity index (χ1v) is 7.43. The van der Waals surface area contributed by atoms with Gasteiger partial charge >= 0.3 is 5.63 Å². The quantitative estimate of drug-likeness (QED) is 0.843. The van der Waals surface area contributed by atoms with Gasteiger partial charge in [0.1, 0.15) is 5.58 Å². The fraction of sp³-hybridized carbons (Fsp3) is 0.308. The molecule has 2 aromatic rings. The fourth-order valence-electron chi connectivity index (χ4n) is 1.86. The van der Waals surface area contributed by atoms with Crippen LogP contribution in [0.3, 0.4) is 0 Å². The molecule has 1 N–H and O–H groups in total. The van der Waals surface area contributed by atoms with Gasteiger partial charge in [-0.3, -0.25) is 0 Å². The largest absolute Gasteiger partial charge is 0.423 e. The van der Waals surface area contributed by atoms with Crippen molar-refractivity contribution in [3.05, 3.63) is 40.8 Å². The predicted octanol–water partition coefficient (Wildman–Crippen LogP) is 0.794. The summed E-state index contributed by atoms with van der Waals surface area (Å²) in [4.78, 5) is 11.2. The Morgan fingerprint density at radius 2 is 2.00 bits per heavy atom. The standard InChI is InChI=1S/C13H15NO5S/c1-9(15)8-14(2)20(17,18)11-4-5-12-10(7-11)3-6-13(16)19-12/h3-7,9,15H,8H2,1-2H3. The molecular weight excluding hydrogens is 282 g/mol. The number of nitrogens with zero attached hydrogens (tertiary/aromatic N) is 1. The first kappa shape index (κ1) is 14.7. The van der Waals surface area contributed by atoms with Crippen molar-refractivity contribution in [2.24, 2.45) is 0 Å². The third kappa shape index (κ3) is 2.90. The van der Waals surface area contributed by atoms with E-state index in [1.54, 1.807) is 0 Å². The van der Waals surface area contributed by atoms with Crippen LogP contribution in [0.1, 0.15) is 6.92 Å². The van der Waals surface area contributed by atoms with Crippen LogP contribution in [0.2, 0.25) is 0 Å². The molecule has 0 spiro atoms. The molecule has 108 valence electrons. The fourth-order valence-corrected chi connectivity index (χ4v) is 3.15. The highest BCUT2D eigenvalue weighted by Gasteiger charge is 2.22. The van der Waals surface area contributed by atoms with Crippen LogP contribution < -0.4 is 5.63 Å². The lowest BCUT2D eigenvalue weighted by molar-refractivity contribution is 0.171. The first-order valence-electron chi connectivity index (χ1n) is 5.99. The lowest BCUT2D eigenvalue weighted by Gasteiger charge is -2.18. The Hall–Kier alpha value is -1.70. The number of sulfonamides is 1. The summed E-state index contributed by atoms with van der Waals surface area (Å²) in [5, 5.41) is 9.80. The first-order chi connectivity index (χ1) is 9.30. The van der Waals surface area contributed by atoms with E-state index < -0.39 is 21.8 Å². The van der Waals surface area contributed by atoms with E-state index in [9.17, 15) is 18.3 Å². The number of aliphatic hydroxyl groups excluding tert-OH is 1. The van der Waals surface area contributed by atoms with E-state index in [-0.39, 0.29) is 11.4 Å². The minimum absolute atomic E-state index is 0.00421. The van der Waals surface area contributed by atoms with Gasteiger partial charge in [0, 0.05) is 25.0 Å². The highest BCUT2D eigenvalue weighted by molar-refractivity contribution is 7.89. The summed E-state index contributed by atoms with van der Waals surface area (Å²) in [6, 6.07) is 7.00. The second-order valence-electron chi connectivity index (χ2n) is 4.59. The maximum absolute atomic E-state index is 12.3. The van der Waals surface area contributed by atoms with E-state index >= 15 is 0 Å². The summed E-state index contributed by atoms with van der Waals surface area (Å²) in [5.41, 5.74) is -0.158. The molecule has 7 heteroatoms. The predicted molar refractivity (Wildman–Crippen MR) is 74.0 cm³/mol. The van der Waals surface area contributed by atoms with Crippen LogP contribution >= 0.6 is 0 Å². The van der Waals surface area contributed by atoms with Crippen molar-refractivity contribution >= 4 is 21.0 Å². The molecule has 1 atom stereocenters. The maximum Gasteiger partial charge on any atom is 0.336 e. The molecule has 0 aliphatic rings. The zero-order chi connectivity index (χ0) is 14.9. The van der Waals surface area contributed by atoms with Crippen molar-refractivity contribution < 1.29 is 17.9 Å². The Morgan fingerprint density at radius 3 is 2.65 bits per heavy atom. The Bertz CT molecular complexity index is 779. The van der Waals surface area contributed by atoms with Crippen LogP contribution in [0.25, 0.3) is 11.0 Å². The number of hydrogen-bond donors (Lipinski definition) is 1. The van der Waals surface area contributed by atoms with E-state index in [1.165, 1.54) is 44.3 Å². The summed E-state index contributed by atoms with van der Waals surface area (Å²) >= 11 is 0. The molecule has 0 saturated heterocycles. The summed E-state index contributed by atoms with van der Waals surface area (Å²) in [5.74, 6) is 0. The third-order valence-electron chi connectivity index (χ3n) is 2.82. The molecule has 0 aliphatic heterocycles. The molecule has 0 aliphatic carbocycles. The molecule has 6 nitrogen and oxygen atoms in total. The Labute approximate surface area is 116 Å². The van der Waals surface area contributed by atoms with E-state index in [1.807, 2.05) is 0 Å². The Kier molecular flexibility index (Phi) is 3.94. The van der Waals surface area contributed by atoms with Gasteiger partial charge in [-0.05, 0) is 31.2 Å². The van der Waals surface area contributed by atoms with E-state index in [4.69, 9.17) is 4.42 Å². The smallest absolute Gasteiger partial charge is 0.336 e. The van der Waals surface area contributed by atoms with Gasteiger partial charge in [-0.25, -0.2) is 13.2 Å². The number of benzene rings is 1. The molecule has 1 aromatic heterocycles. The highest BCUT2D eigenvalue weighted by Crippen LogP contribution is 2.20. The van der Waals surface area contributed by atoms with Crippen molar-refractivity contribution in [1.29, 1.82) is 0 Å². The van der Waals surface area contributed by atoms with Gasteiger partial charge in [0.05, 0.1) is 11.0 Å². The number of rotatable bonds is 4. The lowest BCUT2D eigenvalue weighted by atomic mass is 10.2. The summed E-state index contributed by atoms with van der Waals surface area (Å²) in [6.07, 6.45) is -0.756. The van der Waals surface area contributed by atoms with Crippen LogP contribution in [0.4, 0.5) is 0 Å². The molecule has 0 radical (unpaired) electrons. The normalized spacial score (nSPS) is 13.8. The molecule has 1 aromatic carbocycles. The average Bonchev–Trinajstić information content (AvgIpc) is 2.37. The summed E-state index contributed by atoms with van der Waals surface area (Å²) < 4.78 is 30.6. The van der Waals surface area contributed by atoms with Crippen LogP contribution in [-0.2, 0) is 10.0 Å². The SMILES string of the molecule is CC(O)CN(C)S(=O)(=O)c1ccc2oc(=O)ccc2c1. The molecule has 1 heterocycles. The minimum atomic E-state index is -3.68. The molecule has 2 rings (SSSR count). The van der Waals surface area contributed by atoms with E-state index in [2.05, 4.69) is 0 Å². The van der Waals surface area contributed by atoms with Crippen molar-refractivity contribution in [2.75, 3.05) is 13.6 Å². The zero-order valence-corrected chi connectivity index (χ0v) is 11.9. The Morgan fingerprint density at radius 1 is 1.30 bits per heavy atom. The molecule has 0 saturated carbocycles. The van der Waals surface area contributed by atoms with Crippen molar-refractivity contribution in [2.45, 2.75) is 17.9 Å². The Balaban J connectivity index is 2.47. The van der Waals surface area contributed by atoms with E-state index in [0.29, 0.717) is 11.0 Å². The number of fused-ring (bicyclic) bond motifs is 1. The van der Waals surface area contributed by atoms with E-state index in [0.717, 1.165) is 4.31 Å². The van der Waals surface area contributed by atoms with Gasteiger partial charge in [-0.1, -0.05) is 0 Å². The van der Waals surface area contributed by atoms with Crippen molar-refractivity contribution in [3.63, 3.8) is 0 Å². The van der Waals surface area contributed by atoms with Gasteiger partial charge in [0.2, 0.25) is 10.0 Å². The molecule has 0 bridgehead atoms. The molecule has 20 heavy (non-hydrogen) atoms. The van der Waals surface area contributed by atoms with Crippen LogP contribution in [0.5, 0.6) is 0 Å². The average molecular weight is 297 g/mol. The third-order valence-corrected chi connectivity index (χ3v) is 4.64. The van der Waals surface area contributed by atoms with Gasteiger partial charge in [-0.2, -0.15) is 4.31 Å². The topological polar surface area (TPSA) is 87.8 Å². The van der Waals surface area contributed by atoms with Gasteiger partial charge in [0.25, 0.3) is 0 Å². The summed E-state index contributed by atoms with van der Waals surface area (Å²) in [6.45, 7) is 1.52. The number of likely N-dealkylation sites (N-methyl/N-ethyl adjacent to an activating group) is 1. The van der Waals surface area contributed by atoms with Crippen molar-refractivity contribution in [3.8, 4) is 0 Å². The van der Waals surface area contributed by atoms with Gasteiger partial charge in [0.15, 0.2) is 0 Å². The molecule has 1 unspecified atom stereocenters. The second-order valence-corrected chi connectivity index (χ2v) is 6.63. The van der Waals surface area contributed by atoms with Crippen LogP contribution in [0, 0.1) is 0 Å². The van der Waals surface area contributed by atoms with Crippen molar-refractivity contribution in [1.82, 2.24) is 4.31 Å². The summed E-state index contributed by atoms with van der Waals surface area (Å²) in [7, 11) is -2.28. The van der Waals surface area contributed by atoms with Gasteiger partial charge in [-0.15, -0.1) is 0 Å². The number of hydrogen-bond acceptors (Lipinski definition) is 5. The van der Waals surface area contributed by atoms with Crippen LogP contribution in [0.15, 0.2) is 44.4 Å². The molecule has 0 amide bonds. The lowest BCUT2D eigenvalue weighted by Crippen LogP contribution is -2.33. The second kappa shape index (κ2) is 5.35. The molecular formula is C13H15NO5S. The molecule has 0 fully saturated rings. The monoisotopic (exact) mass is 297 g/mol.